The molecule has 3 heteroatoms. The summed E-state index contributed by atoms with van der Waals surface area (Å²) in [6, 6.07) is 0. The van der Waals surface area contributed by atoms with E-state index in [1.54, 1.807) is 0 Å². The van der Waals surface area contributed by atoms with Gasteiger partial charge in [0.1, 0.15) is 0 Å². The monoisotopic (exact) mass is 255 g/mol. The van der Waals surface area contributed by atoms with Gasteiger partial charge in [0.25, 0.3) is 0 Å². The number of hydrogen-bond acceptors (Lipinski definition) is 3. The third kappa shape index (κ3) is 8.06. The Morgan fingerprint density at radius 3 is 2.33 bits per heavy atom. The van der Waals surface area contributed by atoms with Crippen LogP contribution >= 0.6 is 0 Å². The van der Waals surface area contributed by atoms with E-state index in [-0.39, 0.29) is 0 Å². The van der Waals surface area contributed by atoms with Gasteiger partial charge in [0.15, 0.2) is 0 Å². The number of rotatable bonds is 10. The lowest BCUT2D eigenvalue weighted by atomic mass is 10.1. The minimum atomic E-state index is 1.17. The van der Waals surface area contributed by atoms with E-state index in [0.717, 1.165) is 0 Å². The quantitative estimate of drug-likeness (QED) is 0.604. The van der Waals surface area contributed by atoms with Crippen molar-refractivity contribution < 1.29 is 0 Å². The van der Waals surface area contributed by atoms with Crippen LogP contribution in [0.15, 0.2) is 0 Å². The highest BCUT2D eigenvalue weighted by Crippen LogP contribution is 2.05. The number of nitrogens with one attached hydrogen (secondary N) is 1. The number of hydrogen-bond donors (Lipinski definition) is 1. The predicted molar refractivity (Wildman–Crippen MR) is 80.2 cm³/mol. The first-order chi connectivity index (χ1) is 8.83. The summed E-state index contributed by atoms with van der Waals surface area (Å²) in [6.07, 6.45) is 8.42. The smallest absolute Gasteiger partial charge is 0.0110 e. The van der Waals surface area contributed by atoms with Gasteiger partial charge in [0.2, 0.25) is 0 Å². The van der Waals surface area contributed by atoms with Gasteiger partial charge < -0.3 is 10.2 Å². The zero-order valence-corrected chi connectivity index (χ0v) is 12.6. The molecular weight excluding hydrogens is 222 g/mol. The summed E-state index contributed by atoms with van der Waals surface area (Å²) in [5.74, 6) is 0. The zero-order valence-electron chi connectivity index (χ0n) is 12.6. The summed E-state index contributed by atoms with van der Waals surface area (Å²) in [7, 11) is 2.27. The fourth-order valence-electron chi connectivity index (χ4n) is 2.52. The van der Waals surface area contributed by atoms with Crippen molar-refractivity contribution in [2.45, 2.75) is 45.4 Å². The SMILES string of the molecule is CCCCCCCCN(C)CCN1CCNCC1. The van der Waals surface area contributed by atoms with Crippen molar-refractivity contribution in [2.75, 3.05) is 52.9 Å². The summed E-state index contributed by atoms with van der Waals surface area (Å²) in [4.78, 5) is 5.08. The lowest BCUT2D eigenvalue weighted by molar-refractivity contribution is 0.203. The molecule has 1 aliphatic rings. The van der Waals surface area contributed by atoms with Gasteiger partial charge in [-0.1, -0.05) is 39.0 Å². The van der Waals surface area contributed by atoms with Crippen LogP contribution in [0, 0.1) is 0 Å². The van der Waals surface area contributed by atoms with Crippen LogP contribution in [0.4, 0.5) is 0 Å². The van der Waals surface area contributed by atoms with Crippen molar-refractivity contribution in [1.82, 2.24) is 15.1 Å². The van der Waals surface area contributed by atoms with Gasteiger partial charge in [-0.25, -0.2) is 0 Å². The maximum absolute atomic E-state index is 3.41. The van der Waals surface area contributed by atoms with Crippen molar-refractivity contribution in [3.8, 4) is 0 Å². The molecule has 0 bridgehead atoms. The first-order valence-corrected chi connectivity index (χ1v) is 7.94. The highest BCUT2D eigenvalue weighted by Gasteiger charge is 2.09. The lowest BCUT2D eigenvalue weighted by Gasteiger charge is -2.29. The average molecular weight is 255 g/mol. The van der Waals surface area contributed by atoms with Crippen LogP contribution < -0.4 is 5.32 Å². The largest absolute Gasteiger partial charge is 0.314 e. The molecule has 1 rings (SSSR count). The van der Waals surface area contributed by atoms with E-state index in [9.17, 15) is 0 Å². The van der Waals surface area contributed by atoms with E-state index in [0.29, 0.717) is 0 Å². The molecule has 1 heterocycles. The van der Waals surface area contributed by atoms with Crippen LogP contribution in [0.25, 0.3) is 0 Å². The summed E-state index contributed by atoms with van der Waals surface area (Å²) < 4.78 is 0. The molecule has 0 aromatic rings. The van der Waals surface area contributed by atoms with Crippen LogP contribution in [0.2, 0.25) is 0 Å². The zero-order chi connectivity index (χ0) is 13.1. The second kappa shape index (κ2) is 10.8. The molecule has 0 amide bonds. The highest BCUT2D eigenvalue weighted by atomic mass is 15.2. The molecule has 18 heavy (non-hydrogen) atoms. The number of likely N-dealkylation sites (N-methyl/N-ethyl adjacent to an activating group) is 1. The molecule has 1 N–H and O–H groups in total. The van der Waals surface area contributed by atoms with Crippen molar-refractivity contribution in [3.05, 3.63) is 0 Å². The van der Waals surface area contributed by atoms with Crippen molar-refractivity contribution in [1.29, 1.82) is 0 Å². The van der Waals surface area contributed by atoms with Crippen molar-refractivity contribution in [2.24, 2.45) is 0 Å². The van der Waals surface area contributed by atoms with Gasteiger partial charge in [-0.3, -0.25) is 4.90 Å². The minimum absolute atomic E-state index is 1.17. The molecule has 108 valence electrons. The third-order valence-corrected chi connectivity index (χ3v) is 3.90. The van der Waals surface area contributed by atoms with E-state index in [1.807, 2.05) is 0 Å². The molecule has 0 aromatic carbocycles. The molecule has 0 spiro atoms. The Hall–Kier alpha value is -0.120. The van der Waals surface area contributed by atoms with Gasteiger partial charge in [-0.15, -0.1) is 0 Å². The Kier molecular flexibility index (Phi) is 9.54. The Labute approximate surface area is 114 Å². The Morgan fingerprint density at radius 1 is 0.944 bits per heavy atom. The van der Waals surface area contributed by atoms with E-state index >= 15 is 0 Å². The summed E-state index contributed by atoms with van der Waals surface area (Å²) in [6.45, 7) is 10.8. The van der Waals surface area contributed by atoms with Crippen LogP contribution in [0.1, 0.15) is 45.4 Å². The fraction of sp³-hybridized carbons (Fsp3) is 1.00. The summed E-state index contributed by atoms with van der Waals surface area (Å²) in [5.41, 5.74) is 0. The molecule has 1 aliphatic heterocycles. The molecule has 0 unspecified atom stereocenters. The second-order valence-electron chi connectivity index (χ2n) is 5.66. The van der Waals surface area contributed by atoms with E-state index in [4.69, 9.17) is 0 Å². The number of unbranched alkanes of at least 4 members (excludes halogenated alkanes) is 5. The minimum Gasteiger partial charge on any atom is -0.314 e. The number of nitrogens with zero attached hydrogens (tertiary/aromatic N) is 2. The van der Waals surface area contributed by atoms with Crippen molar-refractivity contribution in [3.63, 3.8) is 0 Å². The Bertz CT molecular complexity index is 179. The molecule has 3 nitrogen and oxygen atoms in total. The van der Waals surface area contributed by atoms with Gasteiger partial charge in [-0.05, 0) is 20.0 Å². The topological polar surface area (TPSA) is 18.5 Å². The van der Waals surface area contributed by atoms with E-state index in [1.165, 1.54) is 84.3 Å². The van der Waals surface area contributed by atoms with Crippen LogP contribution in [0.5, 0.6) is 0 Å². The van der Waals surface area contributed by atoms with Gasteiger partial charge in [0, 0.05) is 39.3 Å². The first-order valence-electron chi connectivity index (χ1n) is 7.94. The molecule has 0 saturated carbocycles. The lowest BCUT2D eigenvalue weighted by Crippen LogP contribution is -2.46. The van der Waals surface area contributed by atoms with E-state index in [2.05, 4.69) is 29.1 Å². The fourth-order valence-corrected chi connectivity index (χ4v) is 2.52. The Morgan fingerprint density at radius 2 is 1.61 bits per heavy atom. The summed E-state index contributed by atoms with van der Waals surface area (Å²) >= 11 is 0. The highest BCUT2D eigenvalue weighted by molar-refractivity contribution is 4.68. The molecular formula is C15H33N3. The molecule has 1 fully saturated rings. The van der Waals surface area contributed by atoms with Gasteiger partial charge in [-0.2, -0.15) is 0 Å². The van der Waals surface area contributed by atoms with E-state index < -0.39 is 0 Å². The third-order valence-electron chi connectivity index (χ3n) is 3.90. The molecule has 1 saturated heterocycles. The molecule has 0 aromatic heterocycles. The number of piperazine rings is 1. The van der Waals surface area contributed by atoms with Crippen molar-refractivity contribution >= 4 is 0 Å². The van der Waals surface area contributed by atoms with Gasteiger partial charge >= 0.3 is 0 Å². The maximum Gasteiger partial charge on any atom is 0.0110 e. The Balaban J connectivity index is 1.88. The standard InChI is InChI=1S/C15H33N3/c1-3-4-5-6-7-8-11-17(2)14-15-18-12-9-16-10-13-18/h16H,3-15H2,1-2H3. The average Bonchev–Trinajstić information content (AvgIpc) is 2.41. The molecule has 0 atom stereocenters. The predicted octanol–water partition coefficient (Wildman–Crippen LogP) is 2.18. The first kappa shape index (κ1) is 15.9. The molecule has 0 radical (unpaired) electrons. The van der Waals surface area contributed by atoms with Crippen LogP contribution in [0.3, 0.4) is 0 Å². The van der Waals surface area contributed by atoms with Gasteiger partial charge in [0.05, 0.1) is 0 Å². The second-order valence-corrected chi connectivity index (χ2v) is 5.66. The normalized spacial score (nSPS) is 17.5. The van der Waals surface area contributed by atoms with Crippen LogP contribution in [-0.2, 0) is 0 Å². The van der Waals surface area contributed by atoms with Crippen LogP contribution in [-0.4, -0.2) is 62.7 Å². The maximum atomic E-state index is 3.41. The molecule has 0 aliphatic carbocycles. The summed E-state index contributed by atoms with van der Waals surface area (Å²) in [5, 5.41) is 3.41.